The van der Waals surface area contributed by atoms with Gasteiger partial charge in [-0.25, -0.2) is 8.78 Å². The minimum Gasteiger partial charge on any atom is -0.330 e. The fourth-order valence-electron chi connectivity index (χ4n) is 2.15. The molecule has 2 unspecified atom stereocenters. The molecule has 7 heteroatoms. The standard InChI is InChI=1S/C10H16F4N2O/c1-6-3-2-4-7(5-15)16(6)9(17)10(13,14)8(11)12/h6-8H,2-5,15H2,1H3. The monoisotopic (exact) mass is 256 g/mol. The molecular formula is C10H16F4N2O. The van der Waals surface area contributed by atoms with Gasteiger partial charge in [0, 0.05) is 18.6 Å². The highest BCUT2D eigenvalue weighted by molar-refractivity contribution is 5.84. The molecule has 0 spiro atoms. The Kier molecular flexibility index (Phi) is 4.35. The Morgan fingerprint density at radius 3 is 2.53 bits per heavy atom. The number of halogens is 4. The lowest BCUT2D eigenvalue weighted by Crippen LogP contribution is -2.58. The van der Waals surface area contributed by atoms with E-state index in [0.29, 0.717) is 12.8 Å². The van der Waals surface area contributed by atoms with Gasteiger partial charge in [-0.2, -0.15) is 8.78 Å². The van der Waals surface area contributed by atoms with Crippen molar-refractivity contribution in [2.75, 3.05) is 6.54 Å². The topological polar surface area (TPSA) is 46.3 Å². The summed E-state index contributed by atoms with van der Waals surface area (Å²) in [5.74, 6) is -6.44. The fraction of sp³-hybridized carbons (Fsp3) is 0.900. The molecule has 100 valence electrons. The molecule has 0 aromatic carbocycles. The van der Waals surface area contributed by atoms with Gasteiger partial charge in [-0.15, -0.1) is 0 Å². The Labute approximate surface area is 96.9 Å². The van der Waals surface area contributed by atoms with Crippen molar-refractivity contribution < 1.29 is 22.4 Å². The van der Waals surface area contributed by atoms with Crippen molar-refractivity contribution in [3.8, 4) is 0 Å². The quantitative estimate of drug-likeness (QED) is 0.780. The third-order valence-corrected chi connectivity index (χ3v) is 3.09. The molecular weight excluding hydrogens is 240 g/mol. The third-order valence-electron chi connectivity index (χ3n) is 3.09. The summed E-state index contributed by atoms with van der Waals surface area (Å²) in [6.45, 7) is 1.58. The molecule has 0 saturated carbocycles. The van der Waals surface area contributed by atoms with Crippen molar-refractivity contribution in [2.24, 2.45) is 5.73 Å². The van der Waals surface area contributed by atoms with Gasteiger partial charge in [0.25, 0.3) is 5.91 Å². The van der Waals surface area contributed by atoms with E-state index in [1.807, 2.05) is 0 Å². The second kappa shape index (κ2) is 5.20. The Morgan fingerprint density at radius 1 is 1.47 bits per heavy atom. The Hall–Kier alpha value is -0.850. The van der Waals surface area contributed by atoms with Crippen molar-refractivity contribution in [2.45, 2.75) is 50.6 Å². The van der Waals surface area contributed by atoms with Crippen LogP contribution in [-0.2, 0) is 4.79 Å². The summed E-state index contributed by atoms with van der Waals surface area (Å²) in [5, 5.41) is 0. The number of hydrogen-bond donors (Lipinski definition) is 1. The highest BCUT2D eigenvalue weighted by Gasteiger charge is 2.53. The molecule has 2 N–H and O–H groups in total. The van der Waals surface area contributed by atoms with E-state index in [0.717, 1.165) is 11.3 Å². The van der Waals surface area contributed by atoms with Crippen molar-refractivity contribution in [1.29, 1.82) is 0 Å². The molecule has 1 heterocycles. The predicted octanol–water partition coefficient (Wildman–Crippen LogP) is 1.62. The summed E-state index contributed by atoms with van der Waals surface area (Å²) in [6, 6.07) is -1.05. The second-order valence-electron chi connectivity index (χ2n) is 4.31. The Balaban J connectivity index is 2.91. The number of carbonyl (C=O) groups excluding carboxylic acids is 1. The first-order valence-electron chi connectivity index (χ1n) is 5.51. The molecule has 3 nitrogen and oxygen atoms in total. The van der Waals surface area contributed by atoms with Crippen LogP contribution in [0, 0.1) is 0 Å². The van der Waals surface area contributed by atoms with Crippen molar-refractivity contribution in [3.63, 3.8) is 0 Å². The van der Waals surface area contributed by atoms with E-state index in [2.05, 4.69) is 0 Å². The summed E-state index contributed by atoms with van der Waals surface area (Å²) < 4.78 is 50.3. The summed E-state index contributed by atoms with van der Waals surface area (Å²) in [5.41, 5.74) is 5.39. The molecule has 1 fully saturated rings. The average Bonchev–Trinajstić information content (AvgIpc) is 2.27. The van der Waals surface area contributed by atoms with E-state index in [4.69, 9.17) is 5.73 Å². The van der Waals surface area contributed by atoms with Gasteiger partial charge < -0.3 is 10.6 Å². The van der Waals surface area contributed by atoms with Crippen LogP contribution >= 0.6 is 0 Å². The van der Waals surface area contributed by atoms with Crippen molar-refractivity contribution in [1.82, 2.24) is 4.90 Å². The van der Waals surface area contributed by atoms with Gasteiger partial charge in [0.1, 0.15) is 0 Å². The van der Waals surface area contributed by atoms with E-state index in [-0.39, 0.29) is 6.54 Å². The molecule has 0 bridgehead atoms. The van der Waals surface area contributed by atoms with Crippen LogP contribution in [-0.4, -0.2) is 41.8 Å². The van der Waals surface area contributed by atoms with Crippen LogP contribution in [0.5, 0.6) is 0 Å². The molecule has 1 rings (SSSR count). The first-order chi connectivity index (χ1) is 7.82. The zero-order valence-electron chi connectivity index (χ0n) is 9.51. The van der Waals surface area contributed by atoms with Crippen molar-refractivity contribution in [3.05, 3.63) is 0 Å². The number of nitrogens with two attached hydrogens (primary N) is 1. The Morgan fingerprint density at radius 2 is 2.06 bits per heavy atom. The number of alkyl halides is 4. The highest BCUT2D eigenvalue weighted by Crippen LogP contribution is 2.31. The Bertz CT molecular complexity index is 285. The van der Waals surface area contributed by atoms with Crippen LogP contribution in [0.15, 0.2) is 0 Å². The fourth-order valence-corrected chi connectivity index (χ4v) is 2.15. The van der Waals surface area contributed by atoms with Crippen LogP contribution in [0.25, 0.3) is 0 Å². The van der Waals surface area contributed by atoms with Gasteiger partial charge in [0.05, 0.1) is 0 Å². The molecule has 2 atom stereocenters. The van der Waals surface area contributed by atoms with E-state index >= 15 is 0 Å². The van der Waals surface area contributed by atoms with Crippen LogP contribution in [0.1, 0.15) is 26.2 Å². The van der Waals surface area contributed by atoms with Gasteiger partial charge in [0.2, 0.25) is 0 Å². The summed E-state index contributed by atoms with van der Waals surface area (Å²) in [4.78, 5) is 12.3. The lowest BCUT2D eigenvalue weighted by atomic mass is 9.95. The second-order valence-corrected chi connectivity index (χ2v) is 4.31. The third kappa shape index (κ3) is 2.70. The number of nitrogens with zero attached hydrogens (tertiary/aromatic N) is 1. The number of piperidine rings is 1. The van der Waals surface area contributed by atoms with Crippen LogP contribution < -0.4 is 5.73 Å². The molecule has 0 radical (unpaired) electrons. The molecule has 1 aliphatic rings. The zero-order chi connectivity index (χ0) is 13.2. The van der Waals surface area contributed by atoms with Crippen LogP contribution in [0.4, 0.5) is 17.6 Å². The predicted molar refractivity (Wildman–Crippen MR) is 54.0 cm³/mol. The van der Waals surface area contributed by atoms with Gasteiger partial charge in [0.15, 0.2) is 0 Å². The largest absolute Gasteiger partial charge is 0.383 e. The SMILES string of the molecule is CC1CCCC(CN)N1C(=O)C(F)(F)C(F)F. The average molecular weight is 256 g/mol. The maximum Gasteiger partial charge on any atom is 0.383 e. The van der Waals surface area contributed by atoms with E-state index in [1.165, 1.54) is 0 Å². The number of rotatable bonds is 3. The summed E-state index contributed by atoms with van der Waals surface area (Å²) in [6.07, 6.45) is -2.22. The lowest BCUT2D eigenvalue weighted by molar-refractivity contribution is -0.186. The molecule has 0 aliphatic carbocycles. The van der Waals surface area contributed by atoms with Gasteiger partial charge in [-0.05, 0) is 26.2 Å². The van der Waals surface area contributed by atoms with E-state index in [9.17, 15) is 22.4 Å². The maximum absolute atomic E-state index is 13.0. The van der Waals surface area contributed by atoms with Crippen LogP contribution in [0.3, 0.4) is 0 Å². The number of hydrogen-bond acceptors (Lipinski definition) is 2. The van der Waals surface area contributed by atoms with Crippen LogP contribution in [0.2, 0.25) is 0 Å². The molecule has 0 aromatic heterocycles. The summed E-state index contributed by atoms with van der Waals surface area (Å²) in [7, 11) is 0. The number of amides is 1. The zero-order valence-corrected chi connectivity index (χ0v) is 9.51. The minimum atomic E-state index is -4.63. The molecule has 1 saturated heterocycles. The van der Waals surface area contributed by atoms with Crippen molar-refractivity contribution >= 4 is 5.91 Å². The normalized spacial score (nSPS) is 26.4. The number of likely N-dealkylation sites (tertiary alicyclic amines) is 1. The number of carbonyl (C=O) groups is 1. The van der Waals surface area contributed by atoms with Gasteiger partial charge in [-0.1, -0.05) is 0 Å². The summed E-state index contributed by atoms with van der Waals surface area (Å²) >= 11 is 0. The van der Waals surface area contributed by atoms with E-state index < -0.39 is 30.3 Å². The molecule has 1 amide bonds. The van der Waals surface area contributed by atoms with E-state index in [1.54, 1.807) is 6.92 Å². The highest BCUT2D eigenvalue weighted by atomic mass is 19.3. The van der Waals surface area contributed by atoms with Gasteiger partial charge in [-0.3, -0.25) is 4.79 Å². The van der Waals surface area contributed by atoms with Gasteiger partial charge >= 0.3 is 12.3 Å². The lowest BCUT2D eigenvalue weighted by Gasteiger charge is -2.41. The molecule has 17 heavy (non-hydrogen) atoms. The smallest absolute Gasteiger partial charge is 0.330 e. The minimum absolute atomic E-state index is 0.00932. The molecule has 1 aliphatic heterocycles. The maximum atomic E-state index is 13.0. The molecule has 0 aromatic rings. The first kappa shape index (κ1) is 14.2. The first-order valence-corrected chi connectivity index (χ1v) is 5.51.